The Bertz CT molecular complexity index is 910. The molecule has 4 nitrogen and oxygen atoms in total. The van der Waals surface area contributed by atoms with Crippen LogP contribution in [0.25, 0.3) is 16.3 Å². The number of carbonyl (C=O) groups is 1. The Hall–Kier alpha value is -2.73. The van der Waals surface area contributed by atoms with Crippen LogP contribution in [0.4, 0.5) is 10.1 Å². The minimum Gasteiger partial charge on any atom is -0.368 e. The number of benzene rings is 2. The Morgan fingerprint density at radius 3 is 2.50 bits per heavy atom. The van der Waals surface area contributed by atoms with Crippen LogP contribution < -0.4 is 4.90 Å². The molecule has 1 aromatic heterocycles. The molecule has 0 unspecified atom stereocenters. The average Bonchev–Trinajstić information content (AvgIpc) is 3.10. The molecule has 0 atom stereocenters. The summed E-state index contributed by atoms with van der Waals surface area (Å²) in [6, 6.07) is 14.4. The van der Waals surface area contributed by atoms with E-state index in [0.29, 0.717) is 13.1 Å². The fourth-order valence-electron chi connectivity index (χ4n) is 3.05. The van der Waals surface area contributed by atoms with E-state index in [1.54, 1.807) is 35.6 Å². The number of carbonyl (C=O) groups excluding carboxylic acids is 1. The number of rotatable bonds is 3. The SMILES string of the molecule is O=C(/C=C/c1nc2ccccc2s1)N1CCN(c2ccc(F)cc2)CC1. The minimum atomic E-state index is -0.234. The summed E-state index contributed by atoms with van der Waals surface area (Å²) in [5.74, 6) is -0.231. The first kappa shape index (κ1) is 16.7. The summed E-state index contributed by atoms with van der Waals surface area (Å²) in [5, 5.41) is 0.837. The van der Waals surface area contributed by atoms with Crippen molar-refractivity contribution in [3.05, 3.63) is 65.4 Å². The lowest BCUT2D eigenvalue weighted by molar-refractivity contribution is -0.126. The van der Waals surface area contributed by atoms with Crippen LogP contribution in [0.1, 0.15) is 5.01 Å². The fraction of sp³-hybridized carbons (Fsp3) is 0.200. The van der Waals surface area contributed by atoms with Gasteiger partial charge < -0.3 is 9.80 Å². The second kappa shape index (κ2) is 7.25. The van der Waals surface area contributed by atoms with E-state index in [-0.39, 0.29) is 11.7 Å². The largest absolute Gasteiger partial charge is 0.368 e. The van der Waals surface area contributed by atoms with Gasteiger partial charge in [-0.05, 0) is 42.5 Å². The van der Waals surface area contributed by atoms with Crippen molar-refractivity contribution in [3.8, 4) is 0 Å². The number of piperazine rings is 1. The van der Waals surface area contributed by atoms with E-state index in [2.05, 4.69) is 9.88 Å². The molecule has 4 rings (SSSR count). The second-order valence-corrected chi connectivity index (χ2v) is 7.20. The molecule has 1 aliphatic rings. The summed E-state index contributed by atoms with van der Waals surface area (Å²) in [7, 11) is 0. The number of amides is 1. The molecule has 2 heterocycles. The van der Waals surface area contributed by atoms with Crippen LogP contribution >= 0.6 is 11.3 Å². The quantitative estimate of drug-likeness (QED) is 0.661. The molecule has 0 N–H and O–H groups in total. The zero-order valence-electron chi connectivity index (χ0n) is 14.1. The zero-order chi connectivity index (χ0) is 17.9. The summed E-state index contributed by atoms with van der Waals surface area (Å²) in [5.41, 5.74) is 1.95. The summed E-state index contributed by atoms with van der Waals surface area (Å²) >= 11 is 1.58. The van der Waals surface area contributed by atoms with Crippen molar-refractivity contribution in [3.63, 3.8) is 0 Å². The highest BCUT2D eigenvalue weighted by molar-refractivity contribution is 7.19. The molecule has 0 spiro atoms. The Morgan fingerprint density at radius 2 is 1.77 bits per heavy atom. The van der Waals surface area contributed by atoms with Crippen molar-refractivity contribution in [1.29, 1.82) is 0 Å². The van der Waals surface area contributed by atoms with Crippen LogP contribution in [0.15, 0.2) is 54.6 Å². The number of aromatic nitrogens is 1. The number of fused-ring (bicyclic) bond motifs is 1. The number of thiazole rings is 1. The van der Waals surface area contributed by atoms with Crippen LogP contribution in [-0.4, -0.2) is 42.0 Å². The summed E-state index contributed by atoms with van der Waals surface area (Å²) in [6.07, 6.45) is 3.39. The molecule has 0 radical (unpaired) electrons. The van der Waals surface area contributed by atoms with Gasteiger partial charge in [-0.15, -0.1) is 11.3 Å². The van der Waals surface area contributed by atoms with Gasteiger partial charge >= 0.3 is 0 Å². The molecule has 2 aromatic carbocycles. The summed E-state index contributed by atoms with van der Waals surface area (Å²) < 4.78 is 14.1. The van der Waals surface area contributed by atoms with E-state index < -0.39 is 0 Å². The first-order valence-electron chi connectivity index (χ1n) is 8.52. The molecule has 6 heteroatoms. The third kappa shape index (κ3) is 3.60. The van der Waals surface area contributed by atoms with Gasteiger partial charge in [0.1, 0.15) is 10.8 Å². The van der Waals surface area contributed by atoms with Crippen molar-refractivity contribution in [1.82, 2.24) is 9.88 Å². The van der Waals surface area contributed by atoms with E-state index in [1.807, 2.05) is 29.2 Å². The standard InChI is InChI=1S/C20H18FN3OS/c21-15-5-7-16(8-6-15)23-11-13-24(14-12-23)20(25)10-9-19-22-17-3-1-2-4-18(17)26-19/h1-10H,11-14H2/b10-9+. The van der Waals surface area contributed by atoms with E-state index in [0.717, 1.165) is 34.0 Å². The first-order chi connectivity index (χ1) is 12.7. The molecule has 3 aromatic rings. The highest BCUT2D eigenvalue weighted by Gasteiger charge is 2.19. The predicted octanol–water partition coefficient (Wildman–Crippen LogP) is 3.80. The van der Waals surface area contributed by atoms with Crippen LogP contribution in [0.3, 0.4) is 0 Å². The summed E-state index contributed by atoms with van der Waals surface area (Å²) in [4.78, 5) is 20.9. The maximum Gasteiger partial charge on any atom is 0.246 e. The molecule has 1 saturated heterocycles. The maximum atomic E-state index is 13.0. The van der Waals surface area contributed by atoms with Gasteiger partial charge in [0.15, 0.2) is 0 Å². The fourth-order valence-corrected chi connectivity index (χ4v) is 3.92. The molecule has 132 valence electrons. The van der Waals surface area contributed by atoms with Crippen molar-refractivity contribution >= 4 is 39.2 Å². The van der Waals surface area contributed by atoms with Crippen LogP contribution in [0, 0.1) is 5.82 Å². The zero-order valence-corrected chi connectivity index (χ0v) is 15.0. The van der Waals surface area contributed by atoms with Crippen molar-refractivity contribution in [2.24, 2.45) is 0 Å². The molecule has 0 bridgehead atoms. The Morgan fingerprint density at radius 1 is 1.04 bits per heavy atom. The number of para-hydroxylation sites is 1. The average molecular weight is 367 g/mol. The van der Waals surface area contributed by atoms with Crippen molar-refractivity contribution < 1.29 is 9.18 Å². The van der Waals surface area contributed by atoms with E-state index in [9.17, 15) is 9.18 Å². The Balaban J connectivity index is 1.36. The van der Waals surface area contributed by atoms with Gasteiger partial charge in [-0.1, -0.05) is 12.1 Å². The Labute approximate surface area is 155 Å². The maximum absolute atomic E-state index is 13.0. The monoisotopic (exact) mass is 367 g/mol. The molecular formula is C20H18FN3OS. The predicted molar refractivity (Wildman–Crippen MR) is 104 cm³/mol. The third-order valence-corrected chi connectivity index (χ3v) is 5.46. The minimum absolute atomic E-state index is 0.00279. The van der Waals surface area contributed by atoms with Crippen molar-refractivity contribution in [2.45, 2.75) is 0 Å². The van der Waals surface area contributed by atoms with Gasteiger partial charge in [0.25, 0.3) is 0 Å². The number of hydrogen-bond acceptors (Lipinski definition) is 4. The van der Waals surface area contributed by atoms with Gasteiger partial charge in [0, 0.05) is 37.9 Å². The number of halogens is 1. The number of nitrogens with zero attached hydrogens (tertiary/aromatic N) is 3. The molecule has 1 fully saturated rings. The molecule has 26 heavy (non-hydrogen) atoms. The van der Waals surface area contributed by atoms with Crippen LogP contribution in [-0.2, 0) is 4.79 Å². The van der Waals surface area contributed by atoms with E-state index in [1.165, 1.54) is 12.1 Å². The van der Waals surface area contributed by atoms with E-state index >= 15 is 0 Å². The lowest BCUT2D eigenvalue weighted by Crippen LogP contribution is -2.48. The lowest BCUT2D eigenvalue weighted by Gasteiger charge is -2.35. The summed E-state index contributed by atoms with van der Waals surface area (Å²) in [6.45, 7) is 2.79. The van der Waals surface area contributed by atoms with Crippen LogP contribution in [0.5, 0.6) is 0 Å². The smallest absolute Gasteiger partial charge is 0.246 e. The molecule has 0 aliphatic carbocycles. The molecule has 1 aliphatic heterocycles. The lowest BCUT2D eigenvalue weighted by atomic mass is 10.2. The van der Waals surface area contributed by atoms with Gasteiger partial charge in [0.2, 0.25) is 5.91 Å². The molecular weight excluding hydrogens is 349 g/mol. The normalized spacial score (nSPS) is 15.1. The molecule has 1 amide bonds. The first-order valence-corrected chi connectivity index (χ1v) is 9.34. The van der Waals surface area contributed by atoms with Gasteiger partial charge in [-0.25, -0.2) is 9.37 Å². The topological polar surface area (TPSA) is 36.4 Å². The van der Waals surface area contributed by atoms with Crippen LogP contribution in [0.2, 0.25) is 0 Å². The van der Waals surface area contributed by atoms with Crippen molar-refractivity contribution in [2.75, 3.05) is 31.1 Å². The Kier molecular flexibility index (Phi) is 4.67. The third-order valence-electron chi connectivity index (χ3n) is 4.46. The molecule has 0 saturated carbocycles. The number of hydrogen-bond donors (Lipinski definition) is 0. The number of anilines is 1. The van der Waals surface area contributed by atoms with Gasteiger partial charge in [0.05, 0.1) is 10.2 Å². The van der Waals surface area contributed by atoms with Gasteiger partial charge in [-0.3, -0.25) is 4.79 Å². The van der Waals surface area contributed by atoms with Gasteiger partial charge in [-0.2, -0.15) is 0 Å². The van der Waals surface area contributed by atoms with E-state index in [4.69, 9.17) is 0 Å². The highest BCUT2D eigenvalue weighted by Crippen LogP contribution is 2.22. The highest BCUT2D eigenvalue weighted by atomic mass is 32.1. The second-order valence-electron chi connectivity index (χ2n) is 6.14.